The molecule has 4 nitrogen and oxygen atoms in total. The molecule has 0 unspecified atom stereocenters. The van der Waals surface area contributed by atoms with Crippen molar-refractivity contribution in [2.24, 2.45) is 0 Å². The Kier molecular flexibility index (Phi) is 11.9. The maximum atomic E-state index is 2.36. The maximum Gasteiger partial charge on any atom is 0.0468 e. The molecule has 0 aliphatic carbocycles. The van der Waals surface area contributed by atoms with Crippen LogP contribution < -0.4 is 19.6 Å². The molecule has 12 rings (SSSR count). The molecule has 0 heterocycles. The Hall–Kier alpha value is -9.38. The van der Waals surface area contributed by atoms with Gasteiger partial charge in [-0.15, -0.1) is 0 Å². The summed E-state index contributed by atoms with van der Waals surface area (Å²) in [5, 5.41) is 7.27. The second kappa shape index (κ2) is 19.4. The first-order valence-electron chi connectivity index (χ1n) is 25.1. The van der Waals surface area contributed by atoms with Gasteiger partial charge in [0, 0.05) is 68.2 Å². The molecular formula is C69H54N4. The topological polar surface area (TPSA) is 13.0 Å². The van der Waals surface area contributed by atoms with E-state index in [-0.39, 0.29) is 0 Å². The Morgan fingerprint density at radius 2 is 0.329 bits per heavy atom. The summed E-state index contributed by atoms with van der Waals surface area (Å²) in [6.45, 7) is 6.42. The second-order valence-corrected chi connectivity index (χ2v) is 19.0. The zero-order valence-electron chi connectivity index (χ0n) is 41.3. The average molecular weight is 939 g/mol. The number of benzene rings is 12. The summed E-state index contributed by atoms with van der Waals surface area (Å²) in [7, 11) is 0. The highest BCUT2D eigenvalue weighted by molar-refractivity contribution is 5.93. The van der Waals surface area contributed by atoms with Gasteiger partial charge in [0.1, 0.15) is 0 Å². The fraction of sp³-hybridized carbons (Fsp3) is 0.0435. The maximum absolute atomic E-state index is 2.36. The molecule has 4 heteroatoms. The Labute approximate surface area is 428 Å². The fourth-order valence-corrected chi connectivity index (χ4v) is 10.1. The number of anilines is 12. The van der Waals surface area contributed by atoms with Gasteiger partial charge in [0.05, 0.1) is 0 Å². The highest BCUT2D eigenvalue weighted by atomic mass is 15.2. The van der Waals surface area contributed by atoms with Crippen molar-refractivity contribution in [3.05, 3.63) is 290 Å². The summed E-state index contributed by atoms with van der Waals surface area (Å²) in [4.78, 5) is 9.41. The third-order valence-corrected chi connectivity index (χ3v) is 13.9. The minimum Gasteiger partial charge on any atom is -0.310 e. The predicted octanol–water partition coefficient (Wildman–Crippen LogP) is 20.0. The van der Waals surface area contributed by atoms with E-state index in [1.165, 1.54) is 49.0 Å². The molecule has 0 saturated heterocycles. The molecule has 0 aromatic heterocycles. The number of rotatable bonds is 12. The second-order valence-electron chi connectivity index (χ2n) is 19.0. The van der Waals surface area contributed by atoms with Gasteiger partial charge in [-0.05, 0) is 199 Å². The van der Waals surface area contributed by atoms with Crippen molar-refractivity contribution in [2.45, 2.75) is 20.8 Å². The quantitative estimate of drug-likeness (QED) is 0.121. The van der Waals surface area contributed by atoms with Gasteiger partial charge in [-0.1, -0.05) is 144 Å². The molecule has 12 aromatic carbocycles. The smallest absolute Gasteiger partial charge is 0.0468 e. The molecular weight excluding hydrogens is 885 g/mol. The summed E-state index contributed by atoms with van der Waals surface area (Å²) in [6.07, 6.45) is 0. The lowest BCUT2D eigenvalue weighted by molar-refractivity contribution is 1.24. The van der Waals surface area contributed by atoms with Gasteiger partial charge in [-0.2, -0.15) is 0 Å². The lowest BCUT2D eigenvalue weighted by Crippen LogP contribution is -2.14. The summed E-state index contributed by atoms with van der Waals surface area (Å²) in [5.74, 6) is 0. The third-order valence-electron chi connectivity index (χ3n) is 13.9. The molecule has 0 atom stereocenters. The van der Waals surface area contributed by atoms with E-state index in [0.29, 0.717) is 0 Å². The van der Waals surface area contributed by atoms with Crippen LogP contribution in [0.5, 0.6) is 0 Å². The van der Waals surface area contributed by atoms with Gasteiger partial charge in [-0.25, -0.2) is 0 Å². The molecule has 350 valence electrons. The van der Waals surface area contributed by atoms with Gasteiger partial charge in [0.15, 0.2) is 0 Å². The van der Waals surface area contributed by atoms with E-state index in [1.54, 1.807) is 0 Å². The van der Waals surface area contributed by atoms with Crippen molar-refractivity contribution in [3.63, 3.8) is 0 Å². The number of fused-ring (bicyclic) bond motifs is 3. The van der Waals surface area contributed by atoms with Gasteiger partial charge >= 0.3 is 0 Å². The molecule has 0 aliphatic heterocycles. The van der Waals surface area contributed by atoms with Crippen LogP contribution in [0.1, 0.15) is 16.7 Å². The van der Waals surface area contributed by atoms with Crippen LogP contribution >= 0.6 is 0 Å². The van der Waals surface area contributed by atoms with E-state index >= 15 is 0 Å². The molecule has 0 saturated carbocycles. The summed E-state index contributed by atoms with van der Waals surface area (Å²) < 4.78 is 0. The average Bonchev–Trinajstić information content (AvgIpc) is 3.44. The molecule has 0 fully saturated rings. The highest BCUT2D eigenvalue weighted by Crippen LogP contribution is 2.44. The van der Waals surface area contributed by atoms with E-state index in [9.17, 15) is 0 Å². The van der Waals surface area contributed by atoms with Crippen molar-refractivity contribution in [1.29, 1.82) is 0 Å². The number of aryl methyl sites for hydroxylation is 3. The minimum atomic E-state index is 1.04. The number of nitrogens with zero attached hydrogens (tertiary/aromatic N) is 4. The van der Waals surface area contributed by atoms with Crippen LogP contribution in [0.15, 0.2) is 273 Å². The Morgan fingerprint density at radius 3 is 0.548 bits per heavy atom. The first-order chi connectivity index (χ1) is 35.9. The lowest BCUT2D eigenvalue weighted by atomic mass is 10.1. The van der Waals surface area contributed by atoms with Crippen LogP contribution in [0.25, 0.3) is 32.3 Å². The summed E-state index contributed by atoms with van der Waals surface area (Å²) in [6, 6.07) is 99.3. The van der Waals surface area contributed by atoms with Crippen LogP contribution in [-0.4, -0.2) is 0 Å². The van der Waals surface area contributed by atoms with Crippen LogP contribution in [0.3, 0.4) is 0 Å². The standard InChI is InChI=1S/C69H54N4/c1-49-16-25-58(26-17-49)71(67-31-22-52-10-4-7-13-55(52)46-67)64-40-34-61(35-41-64)70(62-36-42-65(43-37-62)72(59-27-18-50(2)19-28-59)68-32-23-53-11-5-8-14-56(53)47-68)63-38-44-66(45-39-63)73(60-29-20-51(3)21-30-60)69-33-24-54-12-6-9-15-57(54)48-69/h4-48H,1-3H3. The van der Waals surface area contributed by atoms with Crippen molar-refractivity contribution in [2.75, 3.05) is 19.6 Å². The lowest BCUT2D eigenvalue weighted by Gasteiger charge is -2.30. The molecule has 0 radical (unpaired) electrons. The molecule has 0 N–H and O–H groups in total. The van der Waals surface area contributed by atoms with Gasteiger partial charge in [0.2, 0.25) is 0 Å². The van der Waals surface area contributed by atoms with Gasteiger partial charge in [-0.3, -0.25) is 0 Å². The van der Waals surface area contributed by atoms with Crippen LogP contribution in [0.4, 0.5) is 68.2 Å². The van der Waals surface area contributed by atoms with Crippen molar-refractivity contribution < 1.29 is 0 Å². The molecule has 0 bridgehead atoms. The normalized spacial score (nSPS) is 11.2. The molecule has 12 aromatic rings. The number of hydrogen-bond acceptors (Lipinski definition) is 4. The fourth-order valence-electron chi connectivity index (χ4n) is 10.1. The summed E-state index contributed by atoms with van der Waals surface area (Å²) in [5.41, 5.74) is 16.6. The third kappa shape index (κ3) is 9.15. The van der Waals surface area contributed by atoms with E-state index in [4.69, 9.17) is 0 Å². The van der Waals surface area contributed by atoms with Crippen molar-refractivity contribution >= 4 is 101 Å². The van der Waals surface area contributed by atoms with Gasteiger partial charge in [0.25, 0.3) is 0 Å². The van der Waals surface area contributed by atoms with Crippen molar-refractivity contribution in [3.8, 4) is 0 Å². The largest absolute Gasteiger partial charge is 0.310 e. The highest BCUT2D eigenvalue weighted by Gasteiger charge is 2.20. The minimum absolute atomic E-state index is 1.04. The van der Waals surface area contributed by atoms with Crippen LogP contribution in [-0.2, 0) is 0 Å². The van der Waals surface area contributed by atoms with Gasteiger partial charge < -0.3 is 19.6 Å². The Balaban J connectivity index is 0.968. The molecule has 0 spiro atoms. The monoisotopic (exact) mass is 938 g/mol. The first-order valence-corrected chi connectivity index (χ1v) is 25.1. The van der Waals surface area contributed by atoms with Crippen LogP contribution in [0, 0.1) is 20.8 Å². The van der Waals surface area contributed by atoms with E-state index in [2.05, 4.69) is 313 Å². The van der Waals surface area contributed by atoms with E-state index in [1.807, 2.05) is 0 Å². The predicted molar refractivity (Wildman–Crippen MR) is 312 cm³/mol. The van der Waals surface area contributed by atoms with E-state index < -0.39 is 0 Å². The first kappa shape index (κ1) is 44.8. The SMILES string of the molecule is Cc1ccc(N(c2ccc(N(c3ccc(N(c4ccc(C)cc4)c4ccc5ccccc5c4)cc3)c3ccc(N(c4ccc(C)cc4)c4ccc5ccccc5c4)cc3)cc2)c2ccc3ccccc3c2)cc1. The summed E-state index contributed by atoms with van der Waals surface area (Å²) >= 11 is 0. The Bertz CT molecular complexity index is 3460. The molecule has 0 amide bonds. The zero-order chi connectivity index (χ0) is 49.3. The van der Waals surface area contributed by atoms with Crippen LogP contribution in [0.2, 0.25) is 0 Å². The van der Waals surface area contributed by atoms with E-state index in [0.717, 1.165) is 68.2 Å². The molecule has 0 aliphatic rings. The zero-order valence-corrected chi connectivity index (χ0v) is 41.3. The number of hydrogen-bond donors (Lipinski definition) is 0. The molecule has 73 heavy (non-hydrogen) atoms. The Morgan fingerprint density at radius 1 is 0.164 bits per heavy atom. The van der Waals surface area contributed by atoms with Crippen molar-refractivity contribution in [1.82, 2.24) is 0 Å².